The average molecular weight is 517 g/mol. The predicted molar refractivity (Wildman–Crippen MR) is 135 cm³/mol. The second-order valence-electron chi connectivity index (χ2n) is 10.6. The highest BCUT2D eigenvalue weighted by Gasteiger charge is 2.41. The third-order valence-corrected chi connectivity index (χ3v) is 6.50. The standard InChI is InChI=1S/C27H34F2N4O4/c1-27(2,3)37-26(35)32-22-15-33(14-20(22)24(28)29)23-12-9-18-13-19(10-11-21(18)31-23)30-25(34)36-16-17-7-5-4-6-8-17/h4-9,12,19-20,22,24H,10-11,13-16H2,1-3H3,(H,30,34)(H,32,35)/t19-,20+,22+/m0/s1. The first-order valence-corrected chi connectivity index (χ1v) is 12.6. The number of benzene rings is 1. The molecule has 10 heteroatoms. The van der Waals surface area contributed by atoms with Crippen LogP contribution in [0.3, 0.4) is 0 Å². The molecule has 1 aliphatic carbocycles. The summed E-state index contributed by atoms with van der Waals surface area (Å²) in [6.45, 7) is 5.69. The SMILES string of the molecule is CC(C)(C)OC(=O)N[C@@H]1CN(c2ccc3c(n2)CC[C@H](NC(=O)OCc2ccccc2)C3)C[C@H]1C(F)F. The molecule has 0 bridgehead atoms. The lowest BCUT2D eigenvalue weighted by Crippen LogP contribution is -2.44. The molecule has 3 atom stereocenters. The van der Waals surface area contributed by atoms with Gasteiger partial charge in [0, 0.05) is 24.8 Å². The fourth-order valence-corrected chi connectivity index (χ4v) is 4.71. The largest absolute Gasteiger partial charge is 0.445 e. The highest BCUT2D eigenvalue weighted by atomic mass is 19.3. The van der Waals surface area contributed by atoms with Gasteiger partial charge in [0.1, 0.15) is 18.0 Å². The van der Waals surface area contributed by atoms with Gasteiger partial charge in [0.25, 0.3) is 0 Å². The summed E-state index contributed by atoms with van der Waals surface area (Å²) < 4.78 is 38.1. The van der Waals surface area contributed by atoms with E-state index in [1.165, 1.54) is 0 Å². The molecule has 37 heavy (non-hydrogen) atoms. The average Bonchev–Trinajstić information content (AvgIpc) is 3.26. The molecule has 4 rings (SSSR count). The first-order valence-electron chi connectivity index (χ1n) is 12.6. The third kappa shape index (κ3) is 7.30. The van der Waals surface area contributed by atoms with Crippen LogP contribution in [0.5, 0.6) is 0 Å². The molecule has 2 N–H and O–H groups in total. The zero-order valence-corrected chi connectivity index (χ0v) is 21.4. The number of nitrogens with one attached hydrogen (secondary N) is 2. The maximum Gasteiger partial charge on any atom is 0.407 e. The van der Waals surface area contributed by atoms with E-state index in [0.29, 0.717) is 25.1 Å². The Labute approximate surface area is 215 Å². The van der Waals surface area contributed by atoms with Gasteiger partial charge in [0.2, 0.25) is 6.43 Å². The van der Waals surface area contributed by atoms with Crippen molar-refractivity contribution in [1.29, 1.82) is 0 Å². The third-order valence-electron chi connectivity index (χ3n) is 6.50. The van der Waals surface area contributed by atoms with E-state index in [0.717, 1.165) is 16.8 Å². The van der Waals surface area contributed by atoms with Crippen molar-refractivity contribution < 1.29 is 27.8 Å². The van der Waals surface area contributed by atoms with Gasteiger partial charge < -0.3 is 25.0 Å². The number of aromatic nitrogens is 1. The number of carbonyl (C=O) groups is 2. The summed E-state index contributed by atoms with van der Waals surface area (Å²) >= 11 is 0. The molecule has 1 saturated heterocycles. The number of hydrogen-bond donors (Lipinski definition) is 2. The van der Waals surface area contributed by atoms with E-state index in [1.54, 1.807) is 25.7 Å². The van der Waals surface area contributed by atoms with Gasteiger partial charge in [-0.05, 0) is 57.2 Å². The van der Waals surface area contributed by atoms with Crippen LogP contribution in [-0.4, -0.2) is 54.4 Å². The van der Waals surface area contributed by atoms with E-state index < -0.39 is 36.2 Å². The molecule has 1 fully saturated rings. The van der Waals surface area contributed by atoms with E-state index in [9.17, 15) is 18.4 Å². The molecule has 2 amide bonds. The molecule has 2 aliphatic rings. The van der Waals surface area contributed by atoms with Crippen LogP contribution in [0.25, 0.3) is 0 Å². The predicted octanol–water partition coefficient (Wildman–Crippen LogP) is 4.46. The summed E-state index contributed by atoms with van der Waals surface area (Å²) in [6.07, 6.45) is -1.78. The molecule has 0 radical (unpaired) electrons. The van der Waals surface area contributed by atoms with E-state index in [1.807, 2.05) is 42.5 Å². The lowest BCUT2D eigenvalue weighted by Gasteiger charge is -2.26. The number of halogens is 2. The Bertz CT molecular complexity index is 1090. The molecule has 2 aromatic rings. The van der Waals surface area contributed by atoms with Crippen molar-refractivity contribution in [2.75, 3.05) is 18.0 Å². The Balaban J connectivity index is 1.33. The Hall–Kier alpha value is -3.43. The van der Waals surface area contributed by atoms with Crippen molar-refractivity contribution in [1.82, 2.24) is 15.6 Å². The van der Waals surface area contributed by atoms with Crippen LogP contribution in [-0.2, 0) is 28.9 Å². The first kappa shape index (κ1) is 26.6. The van der Waals surface area contributed by atoms with Gasteiger partial charge in [0.15, 0.2) is 0 Å². The molecule has 0 saturated carbocycles. The van der Waals surface area contributed by atoms with Gasteiger partial charge in [-0.1, -0.05) is 36.4 Å². The number of carbonyl (C=O) groups excluding carboxylic acids is 2. The van der Waals surface area contributed by atoms with E-state index >= 15 is 0 Å². The number of rotatable bonds is 6. The molecular formula is C27H34F2N4O4. The zero-order valence-electron chi connectivity index (χ0n) is 21.4. The van der Waals surface area contributed by atoms with Crippen LogP contribution < -0.4 is 15.5 Å². The molecule has 1 aromatic carbocycles. The number of aryl methyl sites for hydroxylation is 1. The maximum atomic E-state index is 13.8. The van der Waals surface area contributed by atoms with Gasteiger partial charge in [-0.3, -0.25) is 0 Å². The van der Waals surface area contributed by atoms with Crippen LogP contribution in [0.1, 0.15) is 44.0 Å². The van der Waals surface area contributed by atoms with Gasteiger partial charge in [-0.2, -0.15) is 0 Å². The lowest BCUT2D eigenvalue weighted by molar-refractivity contribution is 0.0410. The zero-order chi connectivity index (χ0) is 26.6. The van der Waals surface area contributed by atoms with Crippen LogP contribution in [0, 0.1) is 5.92 Å². The first-order chi connectivity index (χ1) is 17.6. The van der Waals surface area contributed by atoms with Crippen LogP contribution >= 0.6 is 0 Å². The lowest BCUT2D eigenvalue weighted by atomic mass is 9.92. The van der Waals surface area contributed by atoms with Crippen molar-refractivity contribution in [2.45, 2.75) is 70.8 Å². The highest BCUT2D eigenvalue weighted by molar-refractivity contribution is 5.68. The minimum absolute atomic E-state index is 0.0687. The van der Waals surface area contributed by atoms with Gasteiger partial charge in [-0.25, -0.2) is 23.4 Å². The highest BCUT2D eigenvalue weighted by Crippen LogP contribution is 2.30. The number of alkyl halides is 2. The normalized spacial score (nSPS) is 21.4. The van der Waals surface area contributed by atoms with Crippen molar-refractivity contribution >= 4 is 18.0 Å². The monoisotopic (exact) mass is 516 g/mol. The molecule has 1 aliphatic heterocycles. The van der Waals surface area contributed by atoms with Crippen molar-refractivity contribution in [2.24, 2.45) is 5.92 Å². The minimum atomic E-state index is -2.59. The number of pyridine rings is 1. The summed E-state index contributed by atoms with van der Waals surface area (Å²) in [5.74, 6) is -0.424. The number of ether oxygens (including phenoxy) is 2. The van der Waals surface area contributed by atoms with Crippen LogP contribution in [0.15, 0.2) is 42.5 Å². The fourth-order valence-electron chi connectivity index (χ4n) is 4.71. The number of alkyl carbamates (subject to hydrolysis) is 2. The van der Waals surface area contributed by atoms with Gasteiger partial charge in [-0.15, -0.1) is 0 Å². The van der Waals surface area contributed by atoms with E-state index in [4.69, 9.17) is 14.5 Å². The van der Waals surface area contributed by atoms with Crippen LogP contribution in [0.2, 0.25) is 0 Å². The number of amides is 2. The molecule has 0 unspecified atom stereocenters. The number of fused-ring (bicyclic) bond motifs is 1. The summed E-state index contributed by atoms with van der Waals surface area (Å²) in [5, 5.41) is 5.53. The topological polar surface area (TPSA) is 92.8 Å². The Kier molecular flexibility index (Phi) is 8.14. The minimum Gasteiger partial charge on any atom is -0.445 e. The van der Waals surface area contributed by atoms with Gasteiger partial charge in [0.05, 0.1) is 12.0 Å². The van der Waals surface area contributed by atoms with E-state index in [2.05, 4.69) is 10.6 Å². The summed E-state index contributed by atoms with van der Waals surface area (Å²) in [5.41, 5.74) is 2.11. The van der Waals surface area contributed by atoms with E-state index in [-0.39, 0.29) is 25.7 Å². The van der Waals surface area contributed by atoms with Crippen molar-refractivity contribution in [3.8, 4) is 0 Å². The van der Waals surface area contributed by atoms with Crippen molar-refractivity contribution in [3.63, 3.8) is 0 Å². The number of anilines is 1. The smallest absolute Gasteiger partial charge is 0.407 e. The summed E-state index contributed by atoms with van der Waals surface area (Å²) in [6, 6.07) is 12.4. The fraction of sp³-hybridized carbons (Fsp3) is 0.519. The Morgan fingerprint density at radius 2 is 1.84 bits per heavy atom. The molecule has 0 spiro atoms. The molecular weight excluding hydrogens is 482 g/mol. The quantitative estimate of drug-likeness (QED) is 0.589. The molecule has 2 heterocycles. The maximum absolute atomic E-state index is 13.8. The summed E-state index contributed by atoms with van der Waals surface area (Å²) in [4.78, 5) is 31.0. The van der Waals surface area contributed by atoms with Crippen molar-refractivity contribution in [3.05, 3.63) is 59.3 Å². The summed E-state index contributed by atoms with van der Waals surface area (Å²) in [7, 11) is 0. The van der Waals surface area contributed by atoms with Gasteiger partial charge >= 0.3 is 12.2 Å². The second-order valence-corrected chi connectivity index (χ2v) is 10.6. The second kappa shape index (κ2) is 11.3. The Morgan fingerprint density at radius 3 is 2.54 bits per heavy atom. The molecule has 200 valence electrons. The number of hydrogen-bond acceptors (Lipinski definition) is 6. The Morgan fingerprint density at radius 1 is 1.08 bits per heavy atom. The number of nitrogens with zero attached hydrogens (tertiary/aromatic N) is 2. The van der Waals surface area contributed by atoms with Crippen LogP contribution in [0.4, 0.5) is 24.2 Å². The molecule has 8 nitrogen and oxygen atoms in total. The molecule has 1 aromatic heterocycles.